The van der Waals surface area contributed by atoms with Crippen molar-refractivity contribution in [2.45, 2.75) is 13.5 Å². The highest BCUT2D eigenvalue weighted by atomic mass is 127. The third-order valence-corrected chi connectivity index (χ3v) is 3.27. The first-order valence-electron chi connectivity index (χ1n) is 5.31. The van der Waals surface area contributed by atoms with Gasteiger partial charge in [0.2, 0.25) is 5.89 Å². The van der Waals surface area contributed by atoms with E-state index in [1.165, 1.54) is 0 Å². The second-order valence-electron chi connectivity index (χ2n) is 3.78. The summed E-state index contributed by atoms with van der Waals surface area (Å²) in [5, 5.41) is 2.74. The number of nitrogens with zero attached hydrogens (tertiary/aromatic N) is 1. The Morgan fingerprint density at radius 3 is 2.94 bits per heavy atom. The van der Waals surface area contributed by atoms with E-state index in [9.17, 15) is 4.79 Å². The van der Waals surface area contributed by atoms with Crippen LogP contribution in [0.4, 0.5) is 5.69 Å². The summed E-state index contributed by atoms with van der Waals surface area (Å²) < 4.78 is 6.12. The maximum absolute atomic E-state index is 11.9. The Bertz CT molecular complexity index is 580. The zero-order valence-corrected chi connectivity index (χ0v) is 11.9. The molecule has 1 aromatic heterocycles. The predicted octanol–water partition coefficient (Wildman–Crippen LogP) is 2.10. The Morgan fingerprint density at radius 2 is 2.33 bits per heavy atom. The minimum absolute atomic E-state index is 0.177. The van der Waals surface area contributed by atoms with E-state index < -0.39 is 0 Å². The predicted molar refractivity (Wildman–Crippen MR) is 76.0 cm³/mol. The number of nitrogens with two attached hydrogens (primary N) is 1. The highest BCUT2D eigenvalue weighted by Gasteiger charge is 2.08. The molecular weight excluding hydrogens is 345 g/mol. The van der Waals surface area contributed by atoms with Crippen LogP contribution in [0.1, 0.15) is 22.0 Å². The van der Waals surface area contributed by atoms with Crippen LogP contribution >= 0.6 is 22.6 Å². The molecule has 0 saturated carbocycles. The van der Waals surface area contributed by atoms with Crippen LogP contribution in [0.3, 0.4) is 0 Å². The lowest BCUT2D eigenvalue weighted by Gasteiger charge is -2.04. The molecule has 0 aliphatic rings. The lowest BCUT2D eigenvalue weighted by molar-refractivity contribution is 0.0947. The molecule has 2 aromatic rings. The summed E-state index contributed by atoms with van der Waals surface area (Å²) in [5.41, 5.74) is 6.92. The summed E-state index contributed by atoms with van der Waals surface area (Å²) in [7, 11) is 0. The summed E-state index contributed by atoms with van der Waals surface area (Å²) in [6, 6.07) is 5.14. The van der Waals surface area contributed by atoms with E-state index >= 15 is 0 Å². The van der Waals surface area contributed by atoms with Gasteiger partial charge in [0.1, 0.15) is 5.76 Å². The van der Waals surface area contributed by atoms with Crippen molar-refractivity contribution in [1.82, 2.24) is 10.3 Å². The van der Waals surface area contributed by atoms with Crippen LogP contribution in [0, 0.1) is 10.5 Å². The fourth-order valence-corrected chi connectivity index (χ4v) is 1.92. The molecule has 0 atom stereocenters. The number of nitrogens with one attached hydrogen (secondary N) is 1. The minimum Gasteiger partial charge on any atom is -0.444 e. The number of oxazole rings is 1. The number of aromatic nitrogens is 1. The number of amides is 1. The number of hydrogen-bond donors (Lipinski definition) is 2. The molecule has 1 heterocycles. The fraction of sp³-hybridized carbons (Fsp3) is 0.167. The van der Waals surface area contributed by atoms with Gasteiger partial charge in [-0.05, 0) is 47.7 Å². The molecule has 94 valence electrons. The molecule has 0 spiro atoms. The molecule has 0 unspecified atom stereocenters. The van der Waals surface area contributed by atoms with Gasteiger partial charge >= 0.3 is 0 Å². The van der Waals surface area contributed by atoms with Gasteiger partial charge in [0.05, 0.1) is 12.7 Å². The first kappa shape index (κ1) is 12.9. The second-order valence-corrected chi connectivity index (χ2v) is 4.95. The second kappa shape index (κ2) is 5.38. The van der Waals surface area contributed by atoms with Gasteiger partial charge in [-0.3, -0.25) is 4.79 Å². The lowest BCUT2D eigenvalue weighted by Crippen LogP contribution is -2.23. The molecular formula is C12H12IN3O2. The van der Waals surface area contributed by atoms with Gasteiger partial charge in [-0.15, -0.1) is 0 Å². The quantitative estimate of drug-likeness (QED) is 0.651. The van der Waals surface area contributed by atoms with Crippen LogP contribution in [-0.2, 0) is 6.54 Å². The number of carbonyl (C=O) groups excluding carboxylic acids is 1. The molecule has 2 rings (SSSR count). The number of anilines is 1. The number of nitrogen functional groups attached to an aromatic ring is 1. The van der Waals surface area contributed by atoms with Crippen molar-refractivity contribution in [2.75, 3.05) is 5.73 Å². The van der Waals surface area contributed by atoms with Gasteiger partial charge in [-0.25, -0.2) is 4.98 Å². The van der Waals surface area contributed by atoms with Gasteiger partial charge in [-0.2, -0.15) is 0 Å². The van der Waals surface area contributed by atoms with Gasteiger partial charge in [-0.1, -0.05) is 0 Å². The molecule has 0 fully saturated rings. The van der Waals surface area contributed by atoms with Crippen LogP contribution < -0.4 is 11.1 Å². The van der Waals surface area contributed by atoms with Crippen molar-refractivity contribution < 1.29 is 9.21 Å². The third kappa shape index (κ3) is 3.00. The number of hydrogen-bond acceptors (Lipinski definition) is 4. The molecule has 1 aromatic carbocycles. The van der Waals surface area contributed by atoms with E-state index in [2.05, 4.69) is 32.9 Å². The van der Waals surface area contributed by atoms with E-state index in [-0.39, 0.29) is 12.5 Å². The summed E-state index contributed by atoms with van der Waals surface area (Å²) in [6.45, 7) is 2.08. The van der Waals surface area contributed by atoms with Crippen molar-refractivity contribution in [3.05, 3.63) is 45.2 Å². The average molecular weight is 357 g/mol. The molecule has 3 N–H and O–H groups in total. The van der Waals surface area contributed by atoms with Gasteiger partial charge < -0.3 is 15.5 Å². The SMILES string of the molecule is Cc1cnc(CNC(=O)c2ccc(N)c(I)c2)o1. The zero-order chi connectivity index (χ0) is 13.1. The molecule has 0 aliphatic carbocycles. The molecule has 0 aliphatic heterocycles. The van der Waals surface area contributed by atoms with E-state index in [4.69, 9.17) is 10.2 Å². The Balaban J connectivity index is 2.01. The zero-order valence-electron chi connectivity index (χ0n) is 9.74. The number of rotatable bonds is 3. The molecule has 0 saturated heterocycles. The summed E-state index contributed by atoms with van der Waals surface area (Å²) >= 11 is 2.09. The normalized spacial score (nSPS) is 10.3. The Hall–Kier alpha value is -1.57. The van der Waals surface area contributed by atoms with E-state index in [1.807, 2.05) is 0 Å². The van der Waals surface area contributed by atoms with Crippen molar-refractivity contribution in [3.8, 4) is 0 Å². The number of benzene rings is 1. The molecule has 5 nitrogen and oxygen atoms in total. The van der Waals surface area contributed by atoms with Crippen molar-refractivity contribution in [3.63, 3.8) is 0 Å². The number of aryl methyl sites for hydroxylation is 1. The Morgan fingerprint density at radius 1 is 1.56 bits per heavy atom. The summed E-state index contributed by atoms with van der Waals surface area (Å²) in [4.78, 5) is 15.9. The van der Waals surface area contributed by atoms with Crippen LogP contribution in [0.25, 0.3) is 0 Å². The van der Waals surface area contributed by atoms with Crippen LogP contribution in [-0.4, -0.2) is 10.9 Å². The minimum atomic E-state index is -0.177. The van der Waals surface area contributed by atoms with E-state index in [0.29, 0.717) is 17.1 Å². The number of carbonyl (C=O) groups is 1. The maximum atomic E-state index is 11.9. The topological polar surface area (TPSA) is 81.2 Å². The Kier molecular flexibility index (Phi) is 3.85. The van der Waals surface area contributed by atoms with Crippen LogP contribution in [0.5, 0.6) is 0 Å². The largest absolute Gasteiger partial charge is 0.444 e. The van der Waals surface area contributed by atoms with Crippen molar-refractivity contribution >= 4 is 34.2 Å². The van der Waals surface area contributed by atoms with Gasteiger partial charge in [0, 0.05) is 14.8 Å². The highest BCUT2D eigenvalue weighted by Crippen LogP contribution is 2.16. The summed E-state index contributed by atoms with van der Waals surface area (Å²) in [6.07, 6.45) is 1.62. The Labute approximate surface area is 118 Å². The average Bonchev–Trinajstić information content (AvgIpc) is 2.75. The lowest BCUT2D eigenvalue weighted by atomic mass is 10.2. The standard InChI is InChI=1S/C12H12IN3O2/c1-7-5-15-11(18-7)6-16-12(17)8-2-3-10(14)9(13)4-8/h2-5H,6,14H2,1H3,(H,16,17). The summed E-state index contributed by atoms with van der Waals surface area (Å²) in [5.74, 6) is 1.04. The molecule has 6 heteroatoms. The molecule has 0 radical (unpaired) electrons. The maximum Gasteiger partial charge on any atom is 0.251 e. The molecule has 1 amide bonds. The van der Waals surface area contributed by atoms with Crippen molar-refractivity contribution in [2.24, 2.45) is 0 Å². The van der Waals surface area contributed by atoms with Gasteiger partial charge in [0.15, 0.2) is 0 Å². The number of halogens is 1. The van der Waals surface area contributed by atoms with E-state index in [1.54, 1.807) is 31.3 Å². The smallest absolute Gasteiger partial charge is 0.251 e. The monoisotopic (exact) mass is 357 g/mol. The van der Waals surface area contributed by atoms with Crippen molar-refractivity contribution in [1.29, 1.82) is 0 Å². The molecule has 0 bridgehead atoms. The van der Waals surface area contributed by atoms with Crippen LogP contribution in [0.15, 0.2) is 28.8 Å². The molecule has 18 heavy (non-hydrogen) atoms. The first-order valence-corrected chi connectivity index (χ1v) is 6.38. The van der Waals surface area contributed by atoms with Gasteiger partial charge in [0.25, 0.3) is 5.91 Å². The third-order valence-electron chi connectivity index (χ3n) is 2.33. The van der Waals surface area contributed by atoms with Crippen LogP contribution in [0.2, 0.25) is 0 Å². The fourth-order valence-electron chi connectivity index (χ4n) is 1.41. The highest BCUT2D eigenvalue weighted by molar-refractivity contribution is 14.1. The first-order chi connectivity index (χ1) is 8.56. The van der Waals surface area contributed by atoms with E-state index in [0.717, 1.165) is 9.33 Å².